The predicted molar refractivity (Wildman–Crippen MR) is 94.7 cm³/mol. The van der Waals surface area contributed by atoms with E-state index < -0.39 is 0 Å². The number of amides is 1. The third-order valence-corrected chi connectivity index (χ3v) is 3.67. The van der Waals surface area contributed by atoms with Gasteiger partial charge in [0.2, 0.25) is 5.91 Å². The van der Waals surface area contributed by atoms with E-state index in [-0.39, 0.29) is 7.33 Å². The van der Waals surface area contributed by atoms with Gasteiger partial charge in [0.1, 0.15) is 0 Å². The third-order valence-electron chi connectivity index (χ3n) is 3.67. The fraction of sp³-hybridized carbons (Fsp3) is 0.350. The van der Waals surface area contributed by atoms with Crippen molar-refractivity contribution in [3.63, 3.8) is 0 Å². The fourth-order valence-corrected chi connectivity index (χ4v) is 2.49. The van der Waals surface area contributed by atoms with Crippen molar-refractivity contribution in [2.24, 2.45) is 5.92 Å². The molecule has 0 bridgehead atoms. The van der Waals surface area contributed by atoms with Crippen molar-refractivity contribution in [1.82, 2.24) is 5.32 Å². The highest BCUT2D eigenvalue weighted by molar-refractivity contribution is 5.75. The van der Waals surface area contributed by atoms with Crippen LogP contribution in [0.25, 0.3) is 11.1 Å². The van der Waals surface area contributed by atoms with Gasteiger partial charge in [0.15, 0.2) is 0 Å². The minimum absolute atomic E-state index is 0. The van der Waals surface area contributed by atoms with Crippen LogP contribution in [-0.4, -0.2) is 5.91 Å². The number of hydrogen-bond acceptors (Lipinski definition) is 1. The second kappa shape index (κ2) is 7.79. The van der Waals surface area contributed by atoms with Crippen molar-refractivity contribution >= 4 is 5.91 Å². The lowest BCUT2D eigenvalue weighted by molar-refractivity contribution is -0.120. The molecule has 2 rings (SSSR count). The molecular formula is C20H27NO. The Kier molecular flexibility index (Phi) is 5.76. The van der Waals surface area contributed by atoms with Crippen molar-refractivity contribution in [3.05, 3.63) is 59.7 Å². The Morgan fingerprint density at radius 1 is 1.05 bits per heavy atom. The quantitative estimate of drug-likeness (QED) is 0.813. The summed E-state index contributed by atoms with van der Waals surface area (Å²) < 4.78 is 0. The molecule has 0 aromatic heterocycles. The first-order valence-corrected chi connectivity index (χ1v) is 8.03. The van der Waals surface area contributed by atoms with Crippen LogP contribution >= 0.6 is 0 Å². The van der Waals surface area contributed by atoms with E-state index in [1.165, 1.54) is 16.7 Å². The van der Waals surface area contributed by atoms with E-state index in [4.69, 9.17) is 0 Å². The summed E-state index contributed by atoms with van der Waals surface area (Å²) in [5.74, 6) is 0.764. The highest BCUT2D eigenvalue weighted by Gasteiger charge is 2.03. The van der Waals surface area contributed by atoms with Gasteiger partial charge >= 0.3 is 0 Å². The van der Waals surface area contributed by atoms with Gasteiger partial charge in [-0.1, -0.05) is 63.2 Å². The summed E-state index contributed by atoms with van der Waals surface area (Å²) in [4.78, 5) is 11.4. The van der Waals surface area contributed by atoms with E-state index in [0.29, 0.717) is 18.9 Å². The minimum atomic E-state index is 0. The lowest BCUT2D eigenvalue weighted by Crippen LogP contribution is -2.21. The maximum atomic E-state index is 11.4. The topological polar surface area (TPSA) is 29.1 Å². The predicted octanol–water partition coefficient (Wildman–Crippen LogP) is 4.82. The third kappa shape index (κ3) is 4.73. The highest BCUT2D eigenvalue weighted by atomic mass is 16.1. The van der Waals surface area contributed by atoms with Crippen LogP contribution in [0.2, 0.25) is 0 Å². The van der Waals surface area contributed by atoms with Crippen molar-refractivity contribution in [3.8, 4) is 11.1 Å². The van der Waals surface area contributed by atoms with Crippen LogP contribution in [0.1, 0.15) is 39.7 Å². The molecule has 0 aliphatic rings. The Hall–Kier alpha value is -2.09. The van der Waals surface area contributed by atoms with Crippen molar-refractivity contribution < 1.29 is 6.22 Å². The molecule has 0 atom stereocenters. The summed E-state index contributed by atoms with van der Waals surface area (Å²) in [5, 5.41) is 2.92. The van der Waals surface area contributed by atoms with Crippen LogP contribution in [0, 0.1) is 5.92 Å². The Morgan fingerprint density at radius 3 is 2.41 bits per heavy atom. The number of benzene rings is 2. The van der Waals surface area contributed by atoms with Crippen LogP contribution in [-0.2, 0) is 17.8 Å². The lowest BCUT2D eigenvalue weighted by atomic mass is 9.98. The average molecular weight is 297 g/mol. The number of hydrogen-bond donors (Lipinski definition) is 1. The summed E-state index contributed by atoms with van der Waals surface area (Å²) in [6.07, 6.45) is 1.64. The minimum Gasteiger partial charge on any atom is -0.352 e. The molecule has 2 aromatic rings. The second-order valence-corrected chi connectivity index (χ2v) is 6.13. The molecule has 0 saturated heterocycles. The molecule has 2 nitrogen and oxygen atoms in total. The van der Waals surface area contributed by atoms with Crippen LogP contribution in [0.4, 0.5) is 0 Å². The first-order chi connectivity index (χ1) is 10.6. The van der Waals surface area contributed by atoms with E-state index >= 15 is 0 Å². The van der Waals surface area contributed by atoms with Crippen molar-refractivity contribution in [2.75, 3.05) is 0 Å². The molecule has 0 spiro atoms. The molecule has 0 radical (unpaired) electrons. The van der Waals surface area contributed by atoms with Gasteiger partial charge in [0.05, 0.1) is 0 Å². The largest absolute Gasteiger partial charge is 0.352 e. The number of nitrogens with one attached hydrogen (secondary N) is 1. The molecule has 0 aliphatic carbocycles. The van der Waals surface area contributed by atoms with Crippen LogP contribution < -0.4 is 5.32 Å². The normalized spacial score (nSPS) is 10.7. The maximum absolute atomic E-state index is 11.4. The van der Waals surface area contributed by atoms with Gasteiger partial charge in [0.25, 0.3) is 0 Å². The Morgan fingerprint density at radius 2 is 1.77 bits per heavy atom. The summed E-state index contributed by atoms with van der Waals surface area (Å²) >= 11 is 0. The van der Waals surface area contributed by atoms with E-state index in [1.54, 1.807) is 0 Å². The summed E-state index contributed by atoms with van der Waals surface area (Å²) in [6, 6.07) is 17.1. The first-order valence-electron chi connectivity index (χ1n) is 8.03. The number of carbonyl (C=O) groups excluding carboxylic acids is 1. The van der Waals surface area contributed by atoms with Gasteiger partial charge in [-0.15, -0.1) is 0 Å². The summed E-state index contributed by atoms with van der Waals surface area (Å²) in [5.41, 5.74) is 4.92. The molecular weight excluding hydrogens is 270 g/mol. The van der Waals surface area contributed by atoms with Gasteiger partial charge in [0, 0.05) is 14.4 Å². The van der Waals surface area contributed by atoms with Crippen LogP contribution in [0.3, 0.4) is 0 Å². The van der Waals surface area contributed by atoms with Gasteiger partial charge in [-0.05, 0) is 40.7 Å². The van der Waals surface area contributed by atoms with Crippen LogP contribution in [0.15, 0.2) is 48.5 Å². The SMILES string of the molecule is CCC(=O)NCc1cccc(-c2ccc(CC(C)C)cc2)c1.[HH]. The zero-order valence-electron chi connectivity index (χ0n) is 13.7. The van der Waals surface area contributed by atoms with E-state index in [9.17, 15) is 4.79 Å². The molecule has 2 heteroatoms. The number of carbonyl (C=O) groups is 1. The molecule has 0 aliphatic heterocycles. The monoisotopic (exact) mass is 297 g/mol. The Balaban J connectivity index is 0.00000264. The maximum Gasteiger partial charge on any atom is 0.219 e. The first kappa shape index (κ1) is 16.3. The van der Waals surface area contributed by atoms with Gasteiger partial charge in [-0.25, -0.2) is 0 Å². The lowest BCUT2D eigenvalue weighted by Gasteiger charge is -2.09. The van der Waals surface area contributed by atoms with Gasteiger partial charge in [-0.2, -0.15) is 0 Å². The number of rotatable bonds is 6. The van der Waals surface area contributed by atoms with Crippen molar-refractivity contribution in [1.29, 1.82) is 0 Å². The zero-order chi connectivity index (χ0) is 15.9. The van der Waals surface area contributed by atoms with Crippen molar-refractivity contribution in [2.45, 2.75) is 40.2 Å². The Bertz CT molecular complexity index is 620. The second-order valence-electron chi connectivity index (χ2n) is 6.13. The highest BCUT2D eigenvalue weighted by Crippen LogP contribution is 2.22. The summed E-state index contributed by atoms with van der Waals surface area (Å²) in [7, 11) is 0. The molecule has 1 amide bonds. The smallest absolute Gasteiger partial charge is 0.219 e. The van der Waals surface area contributed by atoms with Crippen LogP contribution in [0.5, 0.6) is 0 Å². The molecule has 0 fully saturated rings. The Labute approximate surface area is 135 Å². The molecule has 0 unspecified atom stereocenters. The molecule has 118 valence electrons. The molecule has 2 aromatic carbocycles. The molecule has 0 saturated carbocycles. The van der Waals surface area contributed by atoms with E-state index in [1.807, 2.05) is 19.1 Å². The van der Waals surface area contributed by atoms with Gasteiger partial charge < -0.3 is 5.32 Å². The van der Waals surface area contributed by atoms with E-state index in [2.05, 4.69) is 55.6 Å². The fourth-order valence-electron chi connectivity index (χ4n) is 2.49. The molecule has 0 heterocycles. The average Bonchev–Trinajstić information content (AvgIpc) is 2.53. The van der Waals surface area contributed by atoms with Gasteiger partial charge in [-0.3, -0.25) is 4.79 Å². The molecule has 1 N–H and O–H groups in total. The van der Waals surface area contributed by atoms with E-state index in [0.717, 1.165) is 12.0 Å². The summed E-state index contributed by atoms with van der Waals surface area (Å²) in [6.45, 7) is 6.93. The standard InChI is InChI=1S/C20H25NO.H2/c1-4-20(22)21-14-17-6-5-7-19(13-17)18-10-8-16(9-11-18)12-15(2)3;/h5-11,13,15H,4,12,14H2,1-3H3,(H,21,22);1H. The molecule has 22 heavy (non-hydrogen) atoms. The zero-order valence-corrected chi connectivity index (χ0v) is 13.7.